The van der Waals surface area contributed by atoms with Crippen molar-refractivity contribution in [3.05, 3.63) is 95.6 Å². The standard InChI is InChI=1S/2C15H26O2.2C10H14O.C10H14/c2*1-6-10(2)13(16)17-12-9-11-7-8-15(12,5)14(11,3)4;2*1-3-8(2)9-4-6-10(11)7-5-9;1-3-9(2)10-7-5-4-6-8-10/h2*10-12H,6-9H2,1-5H3;2*4-8,11H,3H2,1-2H3;4-9H,3H2,1-2H3. The number of benzene rings is 3. The summed E-state index contributed by atoms with van der Waals surface area (Å²) in [4.78, 5) is 23.9. The number of phenolic OH excluding ortho intramolecular Hbond substituents is 2. The largest absolute Gasteiger partial charge is 0.508 e. The lowest BCUT2D eigenvalue weighted by atomic mass is 9.70. The van der Waals surface area contributed by atoms with Crippen LogP contribution in [0.3, 0.4) is 0 Å². The molecule has 4 aliphatic carbocycles. The monoisotopic (exact) mass is 911 g/mol. The van der Waals surface area contributed by atoms with Gasteiger partial charge in [-0.2, -0.15) is 0 Å². The summed E-state index contributed by atoms with van der Waals surface area (Å²) in [6.07, 6.45) is 12.7. The number of aromatic hydroxyl groups is 2. The first-order chi connectivity index (χ1) is 31.0. The second kappa shape index (κ2) is 25.0. The molecule has 4 aliphatic rings. The van der Waals surface area contributed by atoms with Crippen molar-refractivity contribution in [2.24, 2.45) is 45.3 Å². The summed E-state index contributed by atoms with van der Waals surface area (Å²) >= 11 is 0. The van der Waals surface area contributed by atoms with Crippen LogP contribution in [0.5, 0.6) is 11.5 Å². The molecule has 3 aromatic rings. The molecule has 0 saturated heterocycles. The summed E-state index contributed by atoms with van der Waals surface area (Å²) in [7, 11) is 0. The van der Waals surface area contributed by atoms with Gasteiger partial charge in [-0.05, 0) is 152 Å². The predicted molar refractivity (Wildman–Crippen MR) is 276 cm³/mol. The predicted octanol–water partition coefficient (Wildman–Crippen LogP) is 16.6. The minimum absolute atomic E-state index is 0.00192. The molecule has 6 nitrogen and oxygen atoms in total. The number of hydrogen-bond acceptors (Lipinski definition) is 6. The highest BCUT2D eigenvalue weighted by Gasteiger charge is 2.64. The lowest BCUT2D eigenvalue weighted by Crippen LogP contribution is -2.39. The van der Waals surface area contributed by atoms with Crippen LogP contribution in [0.25, 0.3) is 0 Å². The number of carbonyl (C=O) groups excluding carboxylic acids is 2. The fourth-order valence-corrected chi connectivity index (χ4v) is 10.6. The zero-order chi connectivity index (χ0) is 49.6. The van der Waals surface area contributed by atoms with Crippen LogP contribution in [-0.4, -0.2) is 34.4 Å². The Morgan fingerprint density at radius 3 is 1.05 bits per heavy atom. The van der Waals surface area contributed by atoms with Crippen LogP contribution in [0.2, 0.25) is 0 Å². The molecule has 6 heteroatoms. The quantitative estimate of drug-likeness (QED) is 0.176. The molecule has 2 N–H and O–H groups in total. The van der Waals surface area contributed by atoms with Crippen LogP contribution >= 0.6 is 0 Å². The minimum atomic E-state index is 0.00192. The highest BCUT2D eigenvalue weighted by Crippen LogP contribution is 2.67. The van der Waals surface area contributed by atoms with Crippen molar-refractivity contribution < 1.29 is 29.3 Å². The van der Waals surface area contributed by atoms with E-state index in [0.717, 1.165) is 50.4 Å². The third kappa shape index (κ3) is 13.7. The van der Waals surface area contributed by atoms with Gasteiger partial charge < -0.3 is 19.7 Å². The van der Waals surface area contributed by atoms with Gasteiger partial charge in [0.15, 0.2) is 0 Å². The molecule has 3 aromatic carbocycles. The average molecular weight is 911 g/mol. The number of esters is 2. The smallest absolute Gasteiger partial charge is 0.308 e. The summed E-state index contributed by atoms with van der Waals surface area (Å²) < 4.78 is 11.6. The van der Waals surface area contributed by atoms with Gasteiger partial charge in [0.25, 0.3) is 0 Å². The van der Waals surface area contributed by atoms with Crippen molar-refractivity contribution in [2.45, 2.75) is 211 Å². The zero-order valence-electron chi connectivity index (χ0n) is 44.5. The van der Waals surface area contributed by atoms with E-state index in [1.807, 2.05) is 52.0 Å². The molecule has 0 amide bonds. The fraction of sp³-hybridized carbons (Fsp3) is 0.667. The summed E-state index contributed by atoms with van der Waals surface area (Å²) in [5.74, 6) is 4.15. The Bertz CT molecular complexity index is 1770. The topological polar surface area (TPSA) is 93.1 Å². The van der Waals surface area contributed by atoms with E-state index in [4.69, 9.17) is 19.7 Å². The summed E-state index contributed by atoms with van der Waals surface area (Å²) in [5, 5.41) is 18.0. The molecule has 0 aliphatic heterocycles. The second-order valence-corrected chi connectivity index (χ2v) is 22.2. The van der Waals surface area contributed by atoms with Gasteiger partial charge >= 0.3 is 11.9 Å². The highest BCUT2D eigenvalue weighted by atomic mass is 16.5. The van der Waals surface area contributed by atoms with Crippen molar-refractivity contribution in [1.29, 1.82) is 0 Å². The number of phenols is 2. The van der Waals surface area contributed by atoms with E-state index < -0.39 is 0 Å². The zero-order valence-corrected chi connectivity index (χ0v) is 44.5. The Morgan fingerprint density at radius 2 is 0.803 bits per heavy atom. The SMILES string of the molecule is CCC(C)C(=O)OC1CC2CCC1(C)C2(C)C.CCC(C)C(=O)OC1CC2CCC1(C)C2(C)C.CCC(C)c1ccc(O)cc1.CCC(C)c1ccc(O)cc1.CCC(C)c1ccccc1. The average Bonchev–Trinajstić information content (AvgIpc) is 3.84. The fourth-order valence-electron chi connectivity index (χ4n) is 10.6. The van der Waals surface area contributed by atoms with Crippen LogP contribution in [0, 0.1) is 45.3 Å². The van der Waals surface area contributed by atoms with Crippen LogP contribution < -0.4 is 0 Å². The molecule has 0 aromatic heterocycles. The molecule has 0 radical (unpaired) electrons. The van der Waals surface area contributed by atoms with Crippen molar-refractivity contribution in [2.75, 3.05) is 0 Å². The van der Waals surface area contributed by atoms with Gasteiger partial charge in [0.1, 0.15) is 23.7 Å². The van der Waals surface area contributed by atoms with Crippen molar-refractivity contribution in [3.8, 4) is 11.5 Å². The molecule has 4 saturated carbocycles. The maximum absolute atomic E-state index is 11.9. The molecule has 370 valence electrons. The molecule has 0 heterocycles. The first-order valence-electron chi connectivity index (χ1n) is 26.0. The first kappa shape index (κ1) is 56.5. The number of ether oxygens (including phenoxy) is 2. The maximum Gasteiger partial charge on any atom is 0.308 e. The molecular formula is C60H94O6. The molecule has 11 atom stereocenters. The van der Waals surface area contributed by atoms with E-state index in [0.29, 0.717) is 40.1 Å². The molecule has 7 rings (SSSR count). The first-order valence-corrected chi connectivity index (χ1v) is 26.0. The normalized spacial score (nSPS) is 27.0. The van der Waals surface area contributed by atoms with Crippen molar-refractivity contribution in [1.82, 2.24) is 0 Å². The van der Waals surface area contributed by atoms with Crippen molar-refractivity contribution >= 4 is 11.9 Å². The molecule has 0 spiro atoms. The summed E-state index contributed by atoms with van der Waals surface area (Å²) in [6, 6.07) is 25.5. The van der Waals surface area contributed by atoms with E-state index in [2.05, 4.69) is 113 Å². The molecule has 4 bridgehead atoms. The van der Waals surface area contributed by atoms with E-state index in [1.165, 1.54) is 48.8 Å². The Kier molecular flexibility index (Phi) is 21.4. The van der Waals surface area contributed by atoms with Gasteiger partial charge in [0.2, 0.25) is 0 Å². The number of fused-ring (bicyclic) bond motifs is 4. The number of carbonyl (C=O) groups is 2. The molecule has 4 fully saturated rings. The molecule has 66 heavy (non-hydrogen) atoms. The maximum atomic E-state index is 11.9. The van der Waals surface area contributed by atoms with Crippen LogP contribution in [0.15, 0.2) is 78.9 Å². The van der Waals surface area contributed by atoms with Gasteiger partial charge in [-0.3, -0.25) is 9.59 Å². The van der Waals surface area contributed by atoms with Crippen LogP contribution in [0.4, 0.5) is 0 Å². The van der Waals surface area contributed by atoms with E-state index in [9.17, 15) is 9.59 Å². The Morgan fingerprint density at radius 1 is 0.500 bits per heavy atom. The third-order valence-corrected chi connectivity index (χ3v) is 18.1. The number of hydrogen-bond donors (Lipinski definition) is 2. The van der Waals surface area contributed by atoms with E-state index >= 15 is 0 Å². The Balaban J connectivity index is 0.000000223. The van der Waals surface area contributed by atoms with Crippen molar-refractivity contribution in [3.63, 3.8) is 0 Å². The van der Waals surface area contributed by atoms with Crippen LogP contribution in [-0.2, 0) is 19.1 Å². The van der Waals surface area contributed by atoms with Gasteiger partial charge in [-0.25, -0.2) is 0 Å². The Hall–Kier alpha value is -3.80. The third-order valence-electron chi connectivity index (χ3n) is 18.1. The summed E-state index contributed by atoms with van der Waals surface area (Å²) in [6.45, 7) is 35.2. The lowest BCUT2D eigenvalue weighted by Gasteiger charge is -2.38. The summed E-state index contributed by atoms with van der Waals surface area (Å²) in [5.41, 5.74) is 5.09. The Labute approximate surface area is 403 Å². The van der Waals surface area contributed by atoms with Gasteiger partial charge in [-0.1, -0.05) is 165 Å². The number of rotatable bonds is 12. The molecular weight excluding hydrogens is 817 g/mol. The van der Waals surface area contributed by atoms with Gasteiger partial charge in [0, 0.05) is 10.8 Å². The second-order valence-electron chi connectivity index (χ2n) is 22.2. The highest BCUT2D eigenvalue weighted by molar-refractivity contribution is 5.72. The molecule has 11 unspecified atom stereocenters. The van der Waals surface area contributed by atoms with Gasteiger partial charge in [-0.15, -0.1) is 0 Å². The van der Waals surface area contributed by atoms with Gasteiger partial charge in [0.05, 0.1) is 11.8 Å². The van der Waals surface area contributed by atoms with Crippen LogP contribution in [0.1, 0.15) is 216 Å². The minimum Gasteiger partial charge on any atom is -0.508 e. The lowest BCUT2D eigenvalue weighted by molar-refractivity contribution is -0.162. The van der Waals surface area contributed by atoms with E-state index in [1.54, 1.807) is 24.3 Å². The van der Waals surface area contributed by atoms with E-state index in [-0.39, 0.29) is 46.8 Å².